The van der Waals surface area contributed by atoms with Crippen molar-refractivity contribution in [3.63, 3.8) is 0 Å². The molecule has 6 aromatic carbocycles. The molecule has 1 amide bonds. The van der Waals surface area contributed by atoms with Crippen LogP contribution in [0.1, 0.15) is 415 Å². The van der Waals surface area contributed by atoms with Crippen LogP contribution in [0.4, 0.5) is 5.69 Å². The minimum Gasteiger partial charge on any atom is -0.345 e. The number of imidazole rings is 7. The third-order valence-corrected chi connectivity index (χ3v) is 23.0. The highest BCUT2D eigenvalue weighted by Crippen LogP contribution is 2.36. The van der Waals surface area contributed by atoms with Gasteiger partial charge in [0.15, 0.2) is 0 Å². The number of anilines is 1. The highest BCUT2D eigenvalue weighted by atomic mass is 16.2. The average Bonchev–Trinajstić information content (AvgIpc) is 1.32. The summed E-state index contributed by atoms with van der Waals surface area (Å²) in [5, 5.41) is 5.47. The summed E-state index contributed by atoms with van der Waals surface area (Å²) in [5.74, 6) is 15.1. The van der Waals surface area contributed by atoms with Gasteiger partial charge in [-0.1, -0.05) is 376 Å². The van der Waals surface area contributed by atoms with Gasteiger partial charge >= 0.3 is 0 Å². The summed E-state index contributed by atoms with van der Waals surface area (Å²) < 4.78 is 0. The molecule has 0 fully saturated rings. The third kappa shape index (κ3) is 34.4. The quantitative estimate of drug-likeness (QED) is 0.0707. The van der Waals surface area contributed by atoms with Crippen molar-refractivity contribution in [3.8, 4) is 45.6 Å². The first kappa shape index (κ1) is 113. The maximum Gasteiger partial charge on any atom is 0.229 e. The molecule has 0 saturated carbocycles. The van der Waals surface area contributed by atoms with Crippen molar-refractivity contribution in [2.24, 2.45) is 10.8 Å². The van der Waals surface area contributed by atoms with Crippen LogP contribution in [-0.2, 0) is 64.4 Å². The Balaban J connectivity index is 0.000000214. The Kier molecular flexibility index (Phi) is 36.1. The van der Waals surface area contributed by atoms with Gasteiger partial charge in [-0.3, -0.25) is 9.78 Å². The maximum absolute atomic E-state index is 11.7. The molecule has 0 spiro atoms. The monoisotopic (exact) mass is 1860 g/mol. The minimum atomic E-state index is -0.350. The molecule has 8 heterocycles. The van der Waals surface area contributed by atoms with Crippen LogP contribution in [0.2, 0.25) is 0 Å². The van der Waals surface area contributed by atoms with Crippen molar-refractivity contribution in [1.82, 2.24) is 74.8 Å². The fourth-order valence-corrected chi connectivity index (χ4v) is 13.4. The summed E-state index contributed by atoms with van der Waals surface area (Å²) in [4.78, 5) is 71.4. The lowest BCUT2D eigenvalue weighted by Gasteiger charge is -2.19. The number of hydrogen-bond acceptors (Lipinski definition) is 9. The zero-order valence-electron chi connectivity index (χ0n) is 92.9. The molecule has 0 radical (unpaired) electrons. The van der Waals surface area contributed by atoms with Crippen molar-refractivity contribution in [2.45, 2.75) is 389 Å². The van der Waals surface area contributed by atoms with Crippen molar-refractivity contribution in [2.75, 3.05) is 5.32 Å². The van der Waals surface area contributed by atoms with Crippen molar-refractivity contribution < 1.29 is 4.79 Å². The van der Waals surface area contributed by atoms with Crippen LogP contribution in [-0.4, -0.2) is 80.7 Å². The summed E-state index contributed by atoms with van der Waals surface area (Å²) in [6.07, 6.45) is 11.4. The molecule has 0 aliphatic heterocycles. The molecule has 17 nitrogen and oxygen atoms in total. The molecule has 0 saturated heterocycles. The Hall–Kier alpha value is -11.3. The third-order valence-electron chi connectivity index (χ3n) is 23.0. The lowest BCUT2D eigenvalue weighted by atomic mass is 9.86. The minimum absolute atomic E-state index is 0.0347. The van der Waals surface area contributed by atoms with E-state index in [1.807, 2.05) is 63.9 Å². The summed E-state index contributed by atoms with van der Waals surface area (Å²) in [5.41, 5.74) is 22.8. The number of nitrogens with one attached hydrogen (secondary N) is 8. The number of hydrogen-bond donors (Lipinski definition) is 8. The molecule has 0 unspecified atom stereocenters. The zero-order chi connectivity index (χ0) is 104. The molecular weight excluding hydrogens is 1680 g/mol. The van der Waals surface area contributed by atoms with Crippen LogP contribution in [0.25, 0.3) is 66.6 Å². The molecule has 0 aliphatic rings. The summed E-state index contributed by atoms with van der Waals surface area (Å²) in [6, 6.07) is 47.3. The SMILES string of the molecule is CC(C)(C)C#Cc1cnc(C(C)(C)C)[nH]1.CC(C)(C)c1ccc(-c2cnc(C(C)(C)C)[nH]2)cc1.CC(C)(C)c1ccc(-c2cnc(C(C)(C)C)[nH]2)cn1.CC(C)(C)c1ccc2nc(C(C)(C)C)[nH]c2c1.CC(C)(C)c1cnc(C(C)(C)C)[nH]1.CC(C)c1ccc(NC(=O)C(C)(C)C)cc1.CC(C)c1ccc2nc(C(C)(C)C)[nH]c2c1.CC(C)c1ncc(-c2ccc3cc(C(C)(C)C)ccc3c2)[nH]1. The normalized spacial score (nSPS) is 12.6. The number of benzene rings is 6. The molecule has 137 heavy (non-hydrogen) atoms. The first-order valence-corrected chi connectivity index (χ1v) is 49.3. The second-order valence-electron chi connectivity index (χ2n) is 51.3. The van der Waals surface area contributed by atoms with E-state index in [1.165, 1.54) is 55.4 Å². The van der Waals surface area contributed by atoms with Gasteiger partial charge in [0.25, 0.3) is 0 Å². The number of aromatic amines is 7. The molecule has 8 N–H and O–H groups in total. The number of fused-ring (bicyclic) bond motifs is 3. The van der Waals surface area contributed by atoms with Gasteiger partial charge in [0.1, 0.15) is 46.5 Å². The Labute approximate surface area is 825 Å². The van der Waals surface area contributed by atoms with Gasteiger partial charge in [0, 0.05) is 101 Å². The fourth-order valence-electron chi connectivity index (χ4n) is 13.4. The van der Waals surface area contributed by atoms with E-state index in [9.17, 15) is 4.79 Å². The van der Waals surface area contributed by atoms with E-state index in [2.05, 4.69) is 504 Å². The number of nitrogens with zero attached hydrogens (tertiary/aromatic N) is 8. The smallest absolute Gasteiger partial charge is 0.229 e. The summed E-state index contributed by atoms with van der Waals surface area (Å²) >= 11 is 0. The number of aromatic nitrogens is 15. The number of carbonyl (C=O) groups is 1. The standard InChI is InChI=1S/C20H24N2.C17H24N2.C16H23N3.C15H22N2.C14H20N2.C14H21NO.C13H20N2.C11H20N2/c1-13(2)19-21-12-18(22-19)16-7-6-15-11-17(20(3,4)5)9-8-14(15)10-16;1-16(2,3)13-9-7-12(8-10-13)14-11-18-15(19-14)17(4,5)6;1-15(2,3)13-8-7-11(9-17-13)12-10-18-14(19-12)16(4,5)6;1-14(2,3)10-7-8-11-12(9-10)17-13(16-11)15(4,5)6;1-9(2)10-6-7-11-12(8-10)16-13(15-11)14(3,4)5;1-10(2)11-6-8-12(9-7-11)15-13(16)14(3,4)5;1-12(2,3)8-7-10-9-14-11(15-10)13(4,5)6;1-10(2,3)8-7-12-9(13-8)11(4,5)6/h6-13H,1-5H3,(H,21,22);7-11H,1-6H3,(H,18,19);7-10H,1-6H3,(H,18,19);7-9H,1-6H3,(H,16,17);6-9H,1-5H3,(H,15,16);6-10H,1-5H3,(H,15,16);9H,1-6H3,(H,14,15);7H,1-6H3,(H,12,13). The van der Waals surface area contributed by atoms with E-state index in [4.69, 9.17) is 0 Å². The molecule has 8 aromatic heterocycles. The molecule has 0 aliphatic carbocycles. The molecule has 740 valence electrons. The van der Waals surface area contributed by atoms with Crippen LogP contribution in [0.15, 0.2) is 171 Å². The van der Waals surface area contributed by atoms with E-state index in [0.29, 0.717) is 17.8 Å². The van der Waals surface area contributed by atoms with Gasteiger partial charge in [-0.05, 0) is 154 Å². The lowest BCUT2D eigenvalue weighted by molar-refractivity contribution is -0.123. The van der Waals surface area contributed by atoms with Crippen molar-refractivity contribution in [1.29, 1.82) is 0 Å². The predicted molar refractivity (Wildman–Crippen MR) is 586 cm³/mol. The van der Waals surface area contributed by atoms with E-state index in [1.54, 1.807) is 6.20 Å². The van der Waals surface area contributed by atoms with Crippen LogP contribution >= 0.6 is 0 Å². The van der Waals surface area contributed by atoms with Gasteiger partial charge < -0.3 is 40.2 Å². The number of amides is 1. The fraction of sp³-hybridized carbons (Fsp3) is 0.508. The van der Waals surface area contributed by atoms with Crippen molar-refractivity contribution in [3.05, 3.63) is 256 Å². The Morgan fingerprint density at radius 3 is 1.10 bits per heavy atom. The molecule has 14 rings (SSSR count). The highest BCUT2D eigenvalue weighted by molar-refractivity contribution is 5.94. The van der Waals surface area contributed by atoms with Crippen LogP contribution in [0, 0.1) is 22.7 Å². The van der Waals surface area contributed by atoms with Crippen LogP contribution in [0.5, 0.6) is 0 Å². The first-order valence-electron chi connectivity index (χ1n) is 49.3. The van der Waals surface area contributed by atoms with Gasteiger partial charge in [0.2, 0.25) is 5.91 Å². The maximum atomic E-state index is 11.7. The Morgan fingerprint density at radius 1 is 0.299 bits per heavy atom. The second kappa shape index (κ2) is 43.8. The average molecular weight is 1860 g/mol. The van der Waals surface area contributed by atoms with Gasteiger partial charge in [-0.25, -0.2) is 34.9 Å². The lowest BCUT2D eigenvalue weighted by Crippen LogP contribution is -2.27. The predicted octanol–water partition coefficient (Wildman–Crippen LogP) is 32.4. The molecular formula is C120H174N16O. The van der Waals surface area contributed by atoms with Gasteiger partial charge in [0.05, 0.1) is 63.9 Å². The molecule has 0 bridgehead atoms. The molecule has 0 atom stereocenters. The second-order valence-corrected chi connectivity index (χ2v) is 51.3. The number of carbonyl (C=O) groups excluding carboxylic acids is 1. The van der Waals surface area contributed by atoms with E-state index in [0.717, 1.165) is 103 Å². The Morgan fingerprint density at radius 2 is 0.693 bits per heavy atom. The number of pyridine rings is 1. The van der Waals surface area contributed by atoms with Gasteiger partial charge in [-0.15, -0.1) is 0 Å². The first-order chi connectivity index (χ1) is 62.4. The Bertz CT molecular complexity index is 6100. The van der Waals surface area contributed by atoms with E-state index < -0.39 is 0 Å². The van der Waals surface area contributed by atoms with Crippen LogP contribution in [0.3, 0.4) is 0 Å². The van der Waals surface area contributed by atoms with E-state index >= 15 is 0 Å². The highest BCUT2D eigenvalue weighted by Gasteiger charge is 2.28. The largest absolute Gasteiger partial charge is 0.345 e. The molecule has 17 heteroatoms. The number of rotatable bonds is 7. The molecule has 14 aromatic rings. The summed E-state index contributed by atoms with van der Waals surface area (Å²) in [6.45, 7) is 97.1. The topological polar surface area (TPSA) is 243 Å². The number of H-pyrrole nitrogens is 7. The van der Waals surface area contributed by atoms with Crippen molar-refractivity contribution >= 4 is 44.4 Å². The van der Waals surface area contributed by atoms with Crippen LogP contribution < -0.4 is 5.32 Å². The zero-order valence-corrected chi connectivity index (χ0v) is 92.9. The summed E-state index contributed by atoms with van der Waals surface area (Å²) in [7, 11) is 0. The van der Waals surface area contributed by atoms with E-state index in [-0.39, 0.29) is 76.3 Å². The van der Waals surface area contributed by atoms with Gasteiger partial charge in [-0.2, -0.15) is 0 Å².